The zero-order valence-corrected chi connectivity index (χ0v) is 19.2. The summed E-state index contributed by atoms with van der Waals surface area (Å²) in [5.74, 6) is 0.372. The summed E-state index contributed by atoms with van der Waals surface area (Å²) in [7, 11) is 0. The van der Waals surface area contributed by atoms with Gasteiger partial charge >= 0.3 is 0 Å². The molecule has 31 heavy (non-hydrogen) atoms. The van der Waals surface area contributed by atoms with Gasteiger partial charge in [0.1, 0.15) is 5.82 Å². The van der Waals surface area contributed by atoms with Crippen molar-refractivity contribution in [2.75, 3.05) is 0 Å². The summed E-state index contributed by atoms with van der Waals surface area (Å²) < 4.78 is 2.32. The Labute approximate surface area is 196 Å². The van der Waals surface area contributed by atoms with Crippen molar-refractivity contribution in [1.29, 1.82) is 0 Å². The van der Waals surface area contributed by atoms with Gasteiger partial charge in [-0.2, -0.15) is 0 Å². The van der Waals surface area contributed by atoms with Gasteiger partial charge in [0.2, 0.25) is 0 Å². The first-order valence-corrected chi connectivity index (χ1v) is 10.7. The second-order valence-electron chi connectivity index (χ2n) is 6.88. The van der Waals surface area contributed by atoms with Gasteiger partial charge in [-0.25, -0.2) is 4.98 Å². The largest absolute Gasteiger partial charge is 0.271 e. The number of fused-ring (bicyclic) bond motifs is 1. The van der Waals surface area contributed by atoms with Crippen LogP contribution in [0.5, 0.6) is 0 Å². The Morgan fingerprint density at radius 2 is 1.81 bits per heavy atom. The lowest BCUT2D eigenvalue weighted by atomic mass is 10.1. The molecule has 4 rings (SSSR count). The SMILES string of the molecule is Cc1ccc([N+](=O)[O-])cc1-n1c(/C=C/c2ccc(Cl)cc2)nc2ccc(I)cc2c1=O. The number of nitro benzene ring substituents is 1. The standard InChI is InChI=1S/C23H15ClIN3O3/c1-14-2-9-18(28(30)31)13-21(14)27-22(11-5-15-3-6-16(24)7-4-15)26-20-10-8-17(25)12-19(20)23(27)29/h2-13H,1H3/b11-5+. The third-order valence-electron chi connectivity index (χ3n) is 4.80. The molecule has 0 aliphatic carbocycles. The fourth-order valence-electron chi connectivity index (χ4n) is 3.22. The molecule has 3 aromatic carbocycles. The number of hydrogen-bond donors (Lipinski definition) is 0. The number of aromatic nitrogens is 2. The molecule has 0 unspecified atom stereocenters. The molecule has 0 saturated carbocycles. The number of hydrogen-bond acceptors (Lipinski definition) is 4. The van der Waals surface area contributed by atoms with Crippen LogP contribution in [0.3, 0.4) is 0 Å². The van der Waals surface area contributed by atoms with Crippen LogP contribution >= 0.6 is 34.2 Å². The van der Waals surface area contributed by atoms with E-state index in [-0.39, 0.29) is 11.2 Å². The second-order valence-corrected chi connectivity index (χ2v) is 8.57. The van der Waals surface area contributed by atoms with Crippen LogP contribution in [0.4, 0.5) is 5.69 Å². The fourth-order valence-corrected chi connectivity index (χ4v) is 3.83. The minimum absolute atomic E-state index is 0.0946. The average molecular weight is 544 g/mol. The highest BCUT2D eigenvalue weighted by Crippen LogP contribution is 2.23. The first kappa shape index (κ1) is 21.2. The van der Waals surface area contributed by atoms with Crippen LogP contribution < -0.4 is 5.56 Å². The fraction of sp³-hybridized carbons (Fsp3) is 0.0435. The van der Waals surface area contributed by atoms with Crippen LogP contribution in [0.1, 0.15) is 17.0 Å². The van der Waals surface area contributed by atoms with E-state index < -0.39 is 4.92 Å². The predicted octanol–water partition coefficient (Wildman–Crippen LogP) is 6.03. The van der Waals surface area contributed by atoms with Crippen LogP contribution in [0.25, 0.3) is 28.7 Å². The van der Waals surface area contributed by atoms with E-state index in [0.717, 1.165) is 14.7 Å². The van der Waals surface area contributed by atoms with Crippen molar-refractivity contribution < 1.29 is 4.92 Å². The molecule has 154 valence electrons. The number of nitro groups is 1. The second kappa shape index (κ2) is 8.60. The Kier molecular flexibility index (Phi) is 5.88. The molecule has 0 radical (unpaired) electrons. The lowest BCUT2D eigenvalue weighted by molar-refractivity contribution is -0.384. The quantitative estimate of drug-likeness (QED) is 0.179. The maximum absolute atomic E-state index is 13.5. The van der Waals surface area contributed by atoms with Gasteiger partial charge in [0, 0.05) is 20.7 Å². The molecular formula is C23H15ClIN3O3. The van der Waals surface area contributed by atoms with Crippen LogP contribution in [-0.4, -0.2) is 14.5 Å². The van der Waals surface area contributed by atoms with Gasteiger partial charge in [-0.1, -0.05) is 35.9 Å². The first-order valence-electron chi connectivity index (χ1n) is 9.25. The molecule has 0 N–H and O–H groups in total. The van der Waals surface area contributed by atoms with Gasteiger partial charge in [0.05, 0.1) is 21.5 Å². The van der Waals surface area contributed by atoms with Crippen molar-refractivity contribution in [1.82, 2.24) is 9.55 Å². The normalized spacial score (nSPS) is 11.3. The zero-order chi connectivity index (χ0) is 22.1. The molecular weight excluding hydrogens is 529 g/mol. The number of aryl methyl sites for hydroxylation is 1. The molecule has 0 saturated heterocycles. The summed E-state index contributed by atoms with van der Waals surface area (Å²) in [6.07, 6.45) is 3.54. The number of benzene rings is 3. The Morgan fingerprint density at radius 1 is 1.06 bits per heavy atom. The monoisotopic (exact) mass is 543 g/mol. The van der Waals surface area contributed by atoms with Crippen LogP contribution in [-0.2, 0) is 0 Å². The Morgan fingerprint density at radius 3 is 2.52 bits per heavy atom. The molecule has 0 aliphatic heterocycles. The van der Waals surface area contributed by atoms with Gasteiger partial charge in [0.15, 0.2) is 0 Å². The molecule has 1 heterocycles. The van der Waals surface area contributed by atoms with Gasteiger partial charge < -0.3 is 0 Å². The van der Waals surface area contributed by atoms with Crippen molar-refractivity contribution in [3.05, 3.63) is 107 Å². The lowest BCUT2D eigenvalue weighted by Gasteiger charge is -2.14. The van der Waals surface area contributed by atoms with Gasteiger partial charge in [-0.15, -0.1) is 0 Å². The topological polar surface area (TPSA) is 78.0 Å². The number of halogens is 2. The Hall–Kier alpha value is -3.04. The Balaban J connectivity index is 2.00. The lowest BCUT2D eigenvalue weighted by Crippen LogP contribution is -2.23. The average Bonchev–Trinajstić information content (AvgIpc) is 2.74. The zero-order valence-electron chi connectivity index (χ0n) is 16.3. The maximum Gasteiger partial charge on any atom is 0.271 e. The molecule has 1 aromatic heterocycles. The number of non-ortho nitro benzene ring substituents is 1. The molecule has 8 heteroatoms. The Bertz CT molecular complexity index is 1410. The van der Waals surface area contributed by atoms with Crippen molar-refractivity contribution in [3.8, 4) is 5.69 Å². The van der Waals surface area contributed by atoms with Gasteiger partial charge in [-0.3, -0.25) is 19.5 Å². The highest BCUT2D eigenvalue weighted by molar-refractivity contribution is 14.1. The summed E-state index contributed by atoms with van der Waals surface area (Å²) in [4.78, 5) is 29.0. The molecule has 0 atom stereocenters. The van der Waals surface area contributed by atoms with Crippen LogP contribution in [0.15, 0.2) is 65.5 Å². The third kappa shape index (κ3) is 4.38. The van der Waals surface area contributed by atoms with E-state index in [1.807, 2.05) is 24.3 Å². The number of nitrogens with zero attached hydrogens (tertiary/aromatic N) is 3. The summed E-state index contributed by atoms with van der Waals surface area (Å²) in [6.45, 7) is 1.80. The van der Waals surface area contributed by atoms with E-state index in [4.69, 9.17) is 11.6 Å². The highest BCUT2D eigenvalue weighted by atomic mass is 127. The van der Waals surface area contributed by atoms with E-state index >= 15 is 0 Å². The highest BCUT2D eigenvalue weighted by Gasteiger charge is 2.16. The smallest absolute Gasteiger partial charge is 0.268 e. The minimum atomic E-state index is -0.478. The third-order valence-corrected chi connectivity index (χ3v) is 5.72. The van der Waals surface area contributed by atoms with Crippen molar-refractivity contribution >= 4 is 62.9 Å². The molecule has 0 spiro atoms. The van der Waals surface area contributed by atoms with Gasteiger partial charge in [0.25, 0.3) is 11.2 Å². The molecule has 4 aromatic rings. The van der Waals surface area contributed by atoms with E-state index in [1.165, 1.54) is 16.7 Å². The molecule has 0 fully saturated rings. The van der Waals surface area contributed by atoms with Crippen LogP contribution in [0.2, 0.25) is 5.02 Å². The minimum Gasteiger partial charge on any atom is -0.268 e. The molecule has 0 amide bonds. The molecule has 6 nitrogen and oxygen atoms in total. The summed E-state index contributed by atoms with van der Waals surface area (Å²) in [5, 5.41) is 12.4. The molecule has 0 aliphatic rings. The van der Waals surface area contributed by atoms with E-state index in [1.54, 1.807) is 43.3 Å². The predicted molar refractivity (Wildman–Crippen MR) is 132 cm³/mol. The van der Waals surface area contributed by atoms with Gasteiger partial charge in [-0.05, 0) is 77.0 Å². The van der Waals surface area contributed by atoms with E-state index in [2.05, 4.69) is 27.6 Å². The summed E-state index contributed by atoms with van der Waals surface area (Å²) >= 11 is 8.09. The van der Waals surface area contributed by atoms with Crippen molar-refractivity contribution in [3.63, 3.8) is 0 Å². The van der Waals surface area contributed by atoms with Crippen LogP contribution in [0, 0.1) is 20.6 Å². The first-order chi connectivity index (χ1) is 14.8. The van der Waals surface area contributed by atoms with Crippen molar-refractivity contribution in [2.45, 2.75) is 6.92 Å². The number of rotatable bonds is 4. The summed E-state index contributed by atoms with van der Waals surface area (Å²) in [6, 6.07) is 17.1. The maximum atomic E-state index is 13.5. The molecule has 0 bridgehead atoms. The van der Waals surface area contributed by atoms with Crippen molar-refractivity contribution in [2.24, 2.45) is 0 Å². The van der Waals surface area contributed by atoms with E-state index in [9.17, 15) is 14.9 Å². The summed E-state index contributed by atoms with van der Waals surface area (Å²) in [5.41, 5.74) is 2.19. The van der Waals surface area contributed by atoms with E-state index in [0.29, 0.717) is 27.4 Å².